The lowest BCUT2D eigenvalue weighted by molar-refractivity contribution is -0.384. The summed E-state index contributed by atoms with van der Waals surface area (Å²) < 4.78 is 5.41. The van der Waals surface area contributed by atoms with E-state index in [4.69, 9.17) is 4.74 Å². The number of hydrogen-bond acceptors (Lipinski definition) is 6. The Morgan fingerprint density at radius 3 is 2.74 bits per heavy atom. The summed E-state index contributed by atoms with van der Waals surface area (Å²) in [7, 11) is 0. The Hall–Kier alpha value is -2.84. The number of carbonyl (C=O) groups excluding carboxylic acids is 1. The van der Waals surface area contributed by atoms with Crippen LogP contribution in [0.4, 0.5) is 16.4 Å². The third-order valence-corrected chi connectivity index (χ3v) is 4.50. The predicted octanol–water partition coefficient (Wildman–Crippen LogP) is 3.53. The van der Waals surface area contributed by atoms with Gasteiger partial charge in [-0.15, -0.1) is 0 Å². The first kappa shape index (κ1) is 18.9. The van der Waals surface area contributed by atoms with Gasteiger partial charge in [0.15, 0.2) is 0 Å². The van der Waals surface area contributed by atoms with Crippen LogP contribution < -0.4 is 5.32 Å². The maximum Gasteiger partial charge on any atom is 0.410 e. The van der Waals surface area contributed by atoms with Crippen LogP contribution in [0.5, 0.6) is 0 Å². The fourth-order valence-corrected chi connectivity index (χ4v) is 3.08. The summed E-state index contributed by atoms with van der Waals surface area (Å²) >= 11 is 0. The van der Waals surface area contributed by atoms with E-state index in [1.165, 1.54) is 12.1 Å². The molecular weight excluding hydrogens is 350 g/mol. The molecule has 1 aromatic carbocycles. The van der Waals surface area contributed by atoms with Crippen molar-refractivity contribution in [3.8, 4) is 0 Å². The molecule has 2 aromatic rings. The molecule has 0 saturated carbocycles. The number of nitro groups is 1. The number of nitrogens with zero attached hydrogens (tertiary/aromatic N) is 3. The molecule has 27 heavy (non-hydrogen) atoms. The van der Waals surface area contributed by atoms with Gasteiger partial charge < -0.3 is 19.9 Å². The second-order valence-electron chi connectivity index (χ2n) is 7.84. The van der Waals surface area contributed by atoms with Gasteiger partial charge in [-0.2, -0.15) is 0 Å². The van der Waals surface area contributed by atoms with Crippen molar-refractivity contribution in [1.82, 2.24) is 14.9 Å². The van der Waals surface area contributed by atoms with Crippen LogP contribution in [-0.4, -0.2) is 51.1 Å². The van der Waals surface area contributed by atoms with Gasteiger partial charge >= 0.3 is 6.09 Å². The lowest BCUT2D eigenvalue weighted by Gasteiger charge is -2.33. The number of aromatic nitrogens is 2. The summed E-state index contributed by atoms with van der Waals surface area (Å²) in [6.07, 6.45) is 1.52. The Bertz CT molecular complexity index is 834. The van der Waals surface area contributed by atoms with Gasteiger partial charge in [-0.1, -0.05) is 0 Å². The van der Waals surface area contributed by atoms with Gasteiger partial charge in [-0.05, 0) is 45.6 Å². The van der Waals surface area contributed by atoms with Crippen molar-refractivity contribution < 1.29 is 14.5 Å². The number of non-ortho nitro benzene ring substituents is 1. The fraction of sp³-hybridized carbons (Fsp3) is 0.556. The zero-order valence-corrected chi connectivity index (χ0v) is 15.8. The summed E-state index contributed by atoms with van der Waals surface area (Å²) in [5.74, 6) is 1.02. The first-order valence-corrected chi connectivity index (χ1v) is 9.07. The molecule has 0 atom stereocenters. The number of rotatable bonds is 4. The summed E-state index contributed by atoms with van der Waals surface area (Å²) in [4.78, 5) is 31.8. The topological polar surface area (TPSA) is 113 Å². The normalized spacial score (nSPS) is 15.7. The molecule has 146 valence electrons. The molecule has 0 bridgehead atoms. The summed E-state index contributed by atoms with van der Waals surface area (Å²) in [5, 5.41) is 14.1. The van der Waals surface area contributed by atoms with Crippen LogP contribution in [-0.2, 0) is 4.74 Å². The number of ether oxygens (including phenoxy) is 1. The van der Waals surface area contributed by atoms with Crippen molar-refractivity contribution in [3.63, 3.8) is 0 Å². The molecule has 2 N–H and O–H groups in total. The Morgan fingerprint density at radius 1 is 1.41 bits per heavy atom. The van der Waals surface area contributed by atoms with Crippen molar-refractivity contribution in [2.75, 3.05) is 25.0 Å². The van der Waals surface area contributed by atoms with Gasteiger partial charge in [-0.3, -0.25) is 10.1 Å². The van der Waals surface area contributed by atoms with Gasteiger partial charge in [0.2, 0.25) is 5.95 Å². The minimum Gasteiger partial charge on any atom is -0.444 e. The van der Waals surface area contributed by atoms with E-state index >= 15 is 0 Å². The van der Waals surface area contributed by atoms with E-state index in [1.807, 2.05) is 20.8 Å². The van der Waals surface area contributed by atoms with Crippen LogP contribution in [0.3, 0.4) is 0 Å². The number of anilines is 1. The molecular formula is C18H25N5O4. The van der Waals surface area contributed by atoms with Gasteiger partial charge in [0.05, 0.1) is 16.0 Å². The number of amides is 1. The molecule has 2 heterocycles. The van der Waals surface area contributed by atoms with Crippen molar-refractivity contribution in [2.45, 2.75) is 39.2 Å². The number of nitro benzene ring substituents is 1. The largest absolute Gasteiger partial charge is 0.444 e. The second-order valence-corrected chi connectivity index (χ2v) is 7.84. The standard InChI is InChI=1S/C18H25N5O4/c1-18(2,3)27-17(24)22-8-6-12(7-9-22)11-19-16-20-14-5-4-13(23(25)26)10-15(14)21-16/h4-5,10,12H,6-9,11H2,1-3H3,(H2,19,20,21). The van der Waals surface area contributed by atoms with E-state index in [0.717, 1.165) is 19.4 Å². The molecule has 1 saturated heterocycles. The van der Waals surface area contributed by atoms with Crippen LogP contribution in [0, 0.1) is 16.0 Å². The van der Waals surface area contributed by atoms with Crippen LogP contribution >= 0.6 is 0 Å². The Morgan fingerprint density at radius 2 is 2.11 bits per heavy atom. The summed E-state index contributed by atoms with van der Waals surface area (Å²) in [5.41, 5.74) is 0.868. The molecule has 0 unspecified atom stereocenters. The van der Waals surface area contributed by atoms with Crippen LogP contribution in [0.25, 0.3) is 11.0 Å². The van der Waals surface area contributed by atoms with E-state index in [9.17, 15) is 14.9 Å². The Balaban J connectivity index is 1.51. The minimum absolute atomic E-state index is 0.0345. The van der Waals surface area contributed by atoms with Gasteiger partial charge in [-0.25, -0.2) is 9.78 Å². The first-order chi connectivity index (χ1) is 12.7. The quantitative estimate of drug-likeness (QED) is 0.624. The number of likely N-dealkylation sites (tertiary alicyclic amines) is 1. The molecule has 0 aliphatic carbocycles. The van der Waals surface area contributed by atoms with E-state index in [-0.39, 0.29) is 11.8 Å². The SMILES string of the molecule is CC(C)(C)OC(=O)N1CCC(CNc2nc3ccc([N+](=O)[O-])cc3[nH]2)CC1. The molecule has 1 fully saturated rings. The molecule has 1 aromatic heterocycles. The Kier molecular flexibility index (Phi) is 5.20. The molecule has 9 nitrogen and oxygen atoms in total. The number of benzene rings is 1. The fourth-order valence-electron chi connectivity index (χ4n) is 3.08. The lowest BCUT2D eigenvalue weighted by Crippen LogP contribution is -2.42. The van der Waals surface area contributed by atoms with Crippen molar-refractivity contribution in [3.05, 3.63) is 28.3 Å². The number of H-pyrrole nitrogens is 1. The number of piperidine rings is 1. The number of nitrogens with one attached hydrogen (secondary N) is 2. The maximum atomic E-state index is 12.1. The highest BCUT2D eigenvalue weighted by Crippen LogP contribution is 2.22. The zero-order valence-electron chi connectivity index (χ0n) is 15.8. The Labute approximate surface area is 157 Å². The minimum atomic E-state index is -0.480. The van der Waals surface area contributed by atoms with E-state index < -0.39 is 10.5 Å². The average molecular weight is 375 g/mol. The van der Waals surface area contributed by atoms with E-state index in [0.29, 0.717) is 36.0 Å². The van der Waals surface area contributed by atoms with Crippen LogP contribution in [0.15, 0.2) is 18.2 Å². The van der Waals surface area contributed by atoms with Crippen molar-refractivity contribution in [2.24, 2.45) is 5.92 Å². The van der Waals surface area contributed by atoms with Gasteiger partial charge in [0.1, 0.15) is 5.60 Å². The summed E-state index contributed by atoms with van der Waals surface area (Å²) in [6.45, 7) is 7.67. The first-order valence-electron chi connectivity index (χ1n) is 9.07. The third kappa shape index (κ3) is 4.87. The summed E-state index contributed by atoms with van der Waals surface area (Å²) in [6, 6.07) is 4.56. The molecule has 1 aliphatic heterocycles. The average Bonchev–Trinajstić information content (AvgIpc) is 3.01. The van der Waals surface area contributed by atoms with Gasteiger partial charge in [0.25, 0.3) is 5.69 Å². The highest BCUT2D eigenvalue weighted by Gasteiger charge is 2.26. The van der Waals surface area contributed by atoms with E-state index in [2.05, 4.69) is 15.3 Å². The van der Waals surface area contributed by atoms with Crippen molar-refractivity contribution in [1.29, 1.82) is 0 Å². The smallest absolute Gasteiger partial charge is 0.410 e. The molecule has 1 aliphatic rings. The lowest BCUT2D eigenvalue weighted by atomic mass is 9.97. The zero-order chi connectivity index (χ0) is 19.6. The highest BCUT2D eigenvalue weighted by molar-refractivity contribution is 5.79. The van der Waals surface area contributed by atoms with E-state index in [1.54, 1.807) is 11.0 Å². The predicted molar refractivity (Wildman–Crippen MR) is 102 cm³/mol. The number of hydrogen-bond donors (Lipinski definition) is 2. The highest BCUT2D eigenvalue weighted by atomic mass is 16.6. The second kappa shape index (κ2) is 7.42. The molecule has 9 heteroatoms. The third-order valence-electron chi connectivity index (χ3n) is 4.50. The van der Waals surface area contributed by atoms with Crippen molar-refractivity contribution >= 4 is 28.8 Å². The number of fused-ring (bicyclic) bond motifs is 1. The maximum absolute atomic E-state index is 12.1. The van der Waals surface area contributed by atoms with Gasteiger partial charge in [0, 0.05) is 31.8 Å². The monoisotopic (exact) mass is 375 g/mol. The molecule has 0 radical (unpaired) electrons. The molecule has 1 amide bonds. The number of aromatic amines is 1. The van der Waals surface area contributed by atoms with Crippen LogP contribution in [0.1, 0.15) is 33.6 Å². The van der Waals surface area contributed by atoms with Crippen LogP contribution in [0.2, 0.25) is 0 Å². The molecule has 0 spiro atoms. The molecule has 3 rings (SSSR count). The number of carbonyl (C=O) groups is 1. The number of imidazole rings is 1.